The van der Waals surface area contributed by atoms with Crippen LogP contribution < -0.4 is 10.6 Å². The van der Waals surface area contributed by atoms with Gasteiger partial charge in [-0.1, -0.05) is 30.3 Å². The predicted molar refractivity (Wildman–Crippen MR) is 86.7 cm³/mol. The number of hydrogen-bond donors (Lipinski definition) is 2. The van der Waals surface area contributed by atoms with Gasteiger partial charge in [-0.3, -0.25) is 4.79 Å². The lowest BCUT2D eigenvalue weighted by molar-refractivity contribution is -0.117. The Balaban J connectivity index is 2.02. The van der Waals surface area contributed by atoms with Crippen LogP contribution in [0.15, 0.2) is 66.4 Å². The summed E-state index contributed by atoms with van der Waals surface area (Å²) in [5.41, 5.74) is 1.48. The molecule has 0 aliphatic rings. The fraction of sp³-hybridized carbons (Fsp3) is 0.111. The molecular weight excluding hydrogens is 293 g/mol. The molecule has 2 aromatic rings. The molecule has 0 bridgehead atoms. The first kappa shape index (κ1) is 16.2. The molecule has 1 atom stereocenters. The third-order valence-electron chi connectivity index (χ3n) is 3.24. The van der Waals surface area contributed by atoms with Crippen molar-refractivity contribution in [1.29, 1.82) is 5.26 Å². The summed E-state index contributed by atoms with van der Waals surface area (Å²) < 4.78 is 12.8. The van der Waals surface area contributed by atoms with E-state index < -0.39 is 5.91 Å². The first-order valence-electron chi connectivity index (χ1n) is 7.08. The minimum Gasteiger partial charge on any atom is -0.360 e. The molecule has 0 heterocycles. The van der Waals surface area contributed by atoms with Gasteiger partial charge in [0.1, 0.15) is 17.5 Å². The summed E-state index contributed by atoms with van der Waals surface area (Å²) in [6, 6.07) is 16.7. The van der Waals surface area contributed by atoms with Gasteiger partial charge in [0.05, 0.1) is 6.04 Å². The van der Waals surface area contributed by atoms with E-state index in [0.29, 0.717) is 5.69 Å². The number of anilines is 1. The van der Waals surface area contributed by atoms with E-state index in [-0.39, 0.29) is 17.4 Å². The van der Waals surface area contributed by atoms with Crippen LogP contribution in [-0.4, -0.2) is 5.91 Å². The largest absolute Gasteiger partial charge is 0.360 e. The van der Waals surface area contributed by atoms with Crippen LogP contribution >= 0.6 is 0 Å². The Hall–Kier alpha value is -3.13. The zero-order valence-electron chi connectivity index (χ0n) is 12.6. The second kappa shape index (κ2) is 7.76. The van der Waals surface area contributed by atoms with Gasteiger partial charge in [0, 0.05) is 11.9 Å². The molecule has 0 saturated carbocycles. The van der Waals surface area contributed by atoms with Gasteiger partial charge in [-0.05, 0) is 36.8 Å². The molecule has 0 fully saturated rings. The number of nitrogens with one attached hydrogen (secondary N) is 2. The van der Waals surface area contributed by atoms with E-state index >= 15 is 0 Å². The molecule has 1 amide bonds. The van der Waals surface area contributed by atoms with Gasteiger partial charge in [0.15, 0.2) is 0 Å². The van der Waals surface area contributed by atoms with Crippen molar-refractivity contribution in [2.75, 3.05) is 5.32 Å². The number of halogens is 1. The number of rotatable bonds is 5. The van der Waals surface area contributed by atoms with Gasteiger partial charge in [-0.2, -0.15) is 5.26 Å². The molecule has 1 unspecified atom stereocenters. The van der Waals surface area contributed by atoms with E-state index in [1.807, 2.05) is 43.3 Å². The lowest BCUT2D eigenvalue weighted by atomic mass is 10.1. The normalized spacial score (nSPS) is 12.1. The van der Waals surface area contributed by atoms with Crippen LogP contribution in [0.1, 0.15) is 18.5 Å². The van der Waals surface area contributed by atoms with Crippen LogP contribution in [0.4, 0.5) is 10.1 Å². The molecule has 5 heteroatoms. The summed E-state index contributed by atoms with van der Waals surface area (Å²) in [6.07, 6.45) is 1.31. The Morgan fingerprint density at radius 2 is 1.83 bits per heavy atom. The SMILES string of the molecule is CC(NC(=O)/C(C#N)=C\Nc1ccc(F)cc1)c1ccccc1. The third kappa shape index (κ3) is 4.68. The van der Waals surface area contributed by atoms with Crippen LogP contribution in [0.3, 0.4) is 0 Å². The van der Waals surface area contributed by atoms with Gasteiger partial charge in [0.25, 0.3) is 5.91 Å². The second-order valence-electron chi connectivity index (χ2n) is 4.93. The Morgan fingerprint density at radius 3 is 2.43 bits per heavy atom. The Labute approximate surface area is 134 Å². The van der Waals surface area contributed by atoms with E-state index in [4.69, 9.17) is 5.26 Å². The fourth-order valence-corrected chi connectivity index (χ4v) is 1.95. The summed E-state index contributed by atoms with van der Waals surface area (Å²) in [6.45, 7) is 1.84. The average molecular weight is 309 g/mol. The van der Waals surface area contributed by atoms with Crippen molar-refractivity contribution in [1.82, 2.24) is 5.32 Å². The maximum atomic E-state index is 12.8. The minimum absolute atomic E-state index is 0.0582. The number of benzene rings is 2. The van der Waals surface area contributed by atoms with Crippen molar-refractivity contribution < 1.29 is 9.18 Å². The van der Waals surface area contributed by atoms with Crippen LogP contribution in [0.2, 0.25) is 0 Å². The average Bonchev–Trinajstić information content (AvgIpc) is 2.58. The van der Waals surface area contributed by atoms with Crippen molar-refractivity contribution >= 4 is 11.6 Å². The van der Waals surface area contributed by atoms with Crippen molar-refractivity contribution in [3.63, 3.8) is 0 Å². The molecule has 0 spiro atoms. The predicted octanol–water partition coefficient (Wildman–Crippen LogP) is 3.52. The fourth-order valence-electron chi connectivity index (χ4n) is 1.95. The molecule has 23 heavy (non-hydrogen) atoms. The molecule has 2 rings (SSSR count). The molecule has 2 N–H and O–H groups in total. The minimum atomic E-state index is -0.474. The number of carbonyl (C=O) groups excluding carboxylic acids is 1. The highest BCUT2D eigenvalue weighted by Gasteiger charge is 2.13. The molecule has 0 aliphatic carbocycles. The molecule has 0 aromatic heterocycles. The highest BCUT2D eigenvalue weighted by Crippen LogP contribution is 2.12. The lowest BCUT2D eigenvalue weighted by Crippen LogP contribution is -2.28. The van der Waals surface area contributed by atoms with E-state index in [9.17, 15) is 9.18 Å². The van der Waals surface area contributed by atoms with Crippen molar-refractivity contribution in [3.05, 3.63) is 77.8 Å². The van der Waals surface area contributed by atoms with Gasteiger partial charge >= 0.3 is 0 Å². The monoisotopic (exact) mass is 309 g/mol. The van der Waals surface area contributed by atoms with E-state index in [0.717, 1.165) is 5.56 Å². The number of nitrogens with zero attached hydrogens (tertiary/aromatic N) is 1. The van der Waals surface area contributed by atoms with Crippen molar-refractivity contribution in [2.24, 2.45) is 0 Å². The highest BCUT2D eigenvalue weighted by molar-refractivity contribution is 5.97. The second-order valence-corrected chi connectivity index (χ2v) is 4.93. The van der Waals surface area contributed by atoms with Crippen LogP contribution in [0.5, 0.6) is 0 Å². The first-order valence-corrected chi connectivity index (χ1v) is 7.08. The van der Waals surface area contributed by atoms with Gasteiger partial charge in [-0.25, -0.2) is 4.39 Å². The topological polar surface area (TPSA) is 64.9 Å². The molecule has 0 radical (unpaired) electrons. The molecule has 116 valence electrons. The summed E-state index contributed by atoms with van der Waals surface area (Å²) in [5.74, 6) is -0.826. The van der Waals surface area contributed by atoms with Crippen LogP contribution in [0, 0.1) is 17.1 Å². The standard InChI is InChI=1S/C18H16FN3O/c1-13(14-5-3-2-4-6-14)22-18(23)15(11-20)12-21-17-9-7-16(19)8-10-17/h2-10,12-13,21H,1H3,(H,22,23)/b15-12-. The number of nitriles is 1. The number of carbonyl (C=O) groups is 1. The smallest absolute Gasteiger partial charge is 0.263 e. The van der Waals surface area contributed by atoms with Crippen LogP contribution in [0.25, 0.3) is 0 Å². The summed E-state index contributed by atoms with van der Waals surface area (Å²) in [5, 5.41) is 14.7. The van der Waals surface area contributed by atoms with Gasteiger partial charge < -0.3 is 10.6 Å². The Morgan fingerprint density at radius 1 is 1.17 bits per heavy atom. The number of hydrogen-bond acceptors (Lipinski definition) is 3. The maximum Gasteiger partial charge on any atom is 0.263 e. The Kier molecular flexibility index (Phi) is 5.48. The van der Waals surface area contributed by atoms with E-state index in [2.05, 4.69) is 10.6 Å². The summed E-state index contributed by atoms with van der Waals surface area (Å²) in [4.78, 5) is 12.1. The molecule has 2 aromatic carbocycles. The molecule has 4 nitrogen and oxygen atoms in total. The number of amides is 1. The first-order chi connectivity index (χ1) is 11.1. The van der Waals surface area contributed by atoms with Gasteiger partial charge in [-0.15, -0.1) is 0 Å². The molecule has 0 aliphatic heterocycles. The molecular formula is C18H16FN3O. The Bertz CT molecular complexity index is 733. The van der Waals surface area contributed by atoms with Gasteiger partial charge in [0.2, 0.25) is 0 Å². The lowest BCUT2D eigenvalue weighted by Gasteiger charge is -2.13. The quantitative estimate of drug-likeness (QED) is 0.656. The molecule has 0 saturated heterocycles. The summed E-state index contributed by atoms with van der Waals surface area (Å²) in [7, 11) is 0. The zero-order valence-corrected chi connectivity index (χ0v) is 12.6. The highest BCUT2D eigenvalue weighted by atomic mass is 19.1. The zero-order chi connectivity index (χ0) is 16.7. The van der Waals surface area contributed by atoms with Crippen LogP contribution in [-0.2, 0) is 4.79 Å². The third-order valence-corrected chi connectivity index (χ3v) is 3.24. The van der Waals surface area contributed by atoms with Crippen molar-refractivity contribution in [3.8, 4) is 6.07 Å². The van der Waals surface area contributed by atoms with E-state index in [1.165, 1.54) is 30.5 Å². The maximum absolute atomic E-state index is 12.8. The summed E-state index contributed by atoms with van der Waals surface area (Å²) >= 11 is 0. The van der Waals surface area contributed by atoms with E-state index in [1.54, 1.807) is 0 Å². The van der Waals surface area contributed by atoms with Crippen molar-refractivity contribution in [2.45, 2.75) is 13.0 Å².